The molecule has 0 aromatic heterocycles. The second kappa shape index (κ2) is 10.7. The van der Waals surface area contributed by atoms with E-state index in [4.69, 9.17) is 0 Å². The van der Waals surface area contributed by atoms with Crippen LogP contribution in [0, 0.1) is 0 Å². The molecule has 2 unspecified atom stereocenters. The monoisotopic (exact) mass is 368 g/mol. The van der Waals surface area contributed by atoms with Gasteiger partial charge in [0.15, 0.2) is 0 Å². The third kappa shape index (κ3) is 7.00. The Morgan fingerprint density at radius 2 is 1.75 bits per heavy atom. The van der Waals surface area contributed by atoms with Crippen molar-refractivity contribution in [2.75, 3.05) is 13.6 Å². The summed E-state index contributed by atoms with van der Waals surface area (Å²) >= 11 is 1.64. The molecule has 4 heteroatoms. The fourth-order valence-corrected chi connectivity index (χ4v) is 2.55. The second-order valence-electron chi connectivity index (χ2n) is 3.80. The molecule has 0 aliphatic rings. The minimum absolute atomic E-state index is 0. The molecular formula is C12H20Cl2NSn. The molecule has 0 aliphatic carbocycles. The van der Waals surface area contributed by atoms with Crippen molar-refractivity contribution in [3.8, 4) is 0 Å². The molecule has 16 heavy (non-hydrogen) atoms. The Morgan fingerprint density at radius 1 is 1.19 bits per heavy atom. The zero-order valence-electron chi connectivity index (χ0n) is 9.77. The molecule has 0 amide bonds. The Labute approximate surface area is 125 Å². The number of nitrogens with one attached hydrogen (secondary N) is 1. The Kier molecular flexibility index (Phi) is 12.6. The van der Waals surface area contributed by atoms with Crippen LogP contribution in [-0.4, -0.2) is 36.1 Å². The quantitative estimate of drug-likeness (QED) is 0.788. The number of rotatable bonds is 5. The Balaban J connectivity index is 0. The first-order valence-electron chi connectivity index (χ1n) is 5.14. The molecule has 0 saturated carbocycles. The average Bonchev–Trinajstić information content (AvgIpc) is 2.18. The molecule has 0 saturated heterocycles. The summed E-state index contributed by atoms with van der Waals surface area (Å²) in [6.45, 7) is 3.41. The maximum absolute atomic E-state index is 3.28. The van der Waals surface area contributed by atoms with Gasteiger partial charge in [0.1, 0.15) is 0 Å². The number of hydrogen-bond donors (Lipinski definition) is 1. The molecule has 1 aromatic carbocycles. The molecule has 1 N–H and O–H groups in total. The third-order valence-electron chi connectivity index (χ3n) is 2.36. The maximum atomic E-state index is 3.28. The maximum Gasteiger partial charge on any atom is -0.147 e. The van der Waals surface area contributed by atoms with Gasteiger partial charge in [0.05, 0.1) is 0 Å². The van der Waals surface area contributed by atoms with Crippen LogP contribution in [0.3, 0.4) is 0 Å². The van der Waals surface area contributed by atoms with E-state index in [0.29, 0.717) is 5.92 Å². The van der Waals surface area contributed by atoms with E-state index in [2.05, 4.69) is 42.6 Å². The van der Waals surface area contributed by atoms with Gasteiger partial charge in [0, 0.05) is 0 Å². The Hall–Kier alpha value is 0.559. The van der Waals surface area contributed by atoms with Crippen molar-refractivity contribution < 1.29 is 0 Å². The topological polar surface area (TPSA) is 12.0 Å². The van der Waals surface area contributed by atoms with Crippen LogP contribution < -0.4 is 5.32 Å². The second-order valence-corrected chi connectivity index (χ2v) is 6.62. The van der Waals surface area contributed by atoms with Crippen LogP contribution in [0.5, 0.6) is 0 Å². The zero-order valence-corrected chi connectivity index (χ0v) is 14.3. The summed E-state index contributed by atoms with van der Waals surface area (Å²) in [5, 5.41) is 3.28. The SMILES string of the molecule is CNCC(C[CH](C)[Sn])c1ccccc1.Cl.Cl. The molecule has 0 heterocycles. The van der Waals surface area contributed by atoms with Crippen molar-refractivity contribution in [1.29, 1.82) is 0 Å². The Bertz CT molecular complexity index is 254. The number of likely N-dealkylation sites (N-methyl/N-ethyl adjacent to an activating group) is 1. The first-order chi connectivity index (χ1) is 6.74. The van der Waals surface area contributed by atoms with Crippen molar-refractivity contribution in [2.45, 2.75) is 23.2 Å². The van der Waals surface area contributed by atoms with Gasteiger partial charge >= 0.3 is 101 Å². The molecule has 0 bridgehead atoms. The van der Waals surface area contributed by atoms with Crippen LogP contribution in [0.1, 0.15) is 24.8 Å². The van der Waals surface area contributed by atoms with Gasteiger partial charge in [-0.3, -0.25) is 0 Å². The molecule has 2 atom stereocenters. The molecule has 0 aliphatic heterocycles. The Morgan fingerprint density at radius 3 is 2.19 bits per heavy atom. The van der Waals surface area contributed by atoms with E-state index in [1.54, 1.807) is 22.5 Å². The molecule has 0 spiro atoms. The van der Waals surface area contributed by atoms with Gasteiger partial charge in [-0.15, -0.1) is 24.8 Å². The molecule has 91 valence electrons. The molecule has 1 aromatic rings. The average molecular weight is 368 g/mol. The van der Waals surface area contributed by atoms with Gasteiger partial charge in [0.25, 0.3) is 0 Å². The van der Waals surface area contributed by atoms with Crippen LogP contribution in [0.4, 0.5) is 0 Å². The van der Waals surface area contributed by atoms with E-state index >= 15 is 0 Å². The molecular weight excluding hydrogens is 348 g/mol. The first kappa shape index (κ1) is 18.9. The van der Waals surface area contributed by atoms with E-state index in [9.17, 15) is 0 Å². The van der Waals surface area contributed by atoms with Gasteiger partial charge in [0.2, 0.25) is 0 Å². The fourth-order valence-electron chi connectivity index (χ4n) is 1.74. The van der Waals surface area contributed by atoms with Crippen molar-refractivity contribution >= 4 is 47.3 Å². The van der Waals surface area contributed by atoms with Gasteiger partial charge in [-0.25, -0.2) is 0 Å². The minimum Gasteiger partial charge on any atom is -0.147 e. The largest absolute Gasteiger partial charge is 0.147 e. The van der Waals surface area contributed by atoms with E-state index < -0.39 is 0 Å². The van der Waals surface area contributed by atoms with Gasteiger partial charge < -0.3 is 0 Å². The van der Waals surface area contributed by atoms with E-state index in [-0.39, 0.29) is 24.8 Å². The summed E-state index contributed by atoms with van der Waals surface area (Å²) < 4.78 is 0.848. The van der Waals surface area contributed by atoms with Crippen molar-refractivity contribution in [2.24, 2.45) is 0 Å². The minimum atomic E-state index is 0. The summed E-state index contributed by atoms with van der Waals surface area (Å²) in [6.07, 6.45) is 1.29. The third-order valence-corrected chi connectivity index (χ3v) is 3.03. The van der Waals surface area contributed by atoms with E-state index in [1.807, 2.05) is 7.05 Å². The van der Waals surface area contributed by atoms with E-state index in [0.717, 1.165) is 10.5 Å². The predicted octanol–water partition coefficient (Wildman–Crippen LogP) is 3.20. The van der Waals surface area contributed by atoms with Gasteiger partial charge in [-0.1, -0.05) is 0 Å². The standard InChI is InChI=1S/C12H18N.2ClH.Sn/c1-3-7-12(10-13-2)11-8-5-4-6-9-11;;;/h3-6,8-9,12-13H,7,10H2,1-2H3;2*1H;. The van der Waals surface area contributed by atoms with Crippen LogP contribution in [-0.2, 0) is 0 Å². The first-order valence-corrected chi connectivity index (χ1v) is 6.79. The van der Waals surface area contributed by atoms with Crippen LogP contribution in [0.15, 0.2) is 30.3 Å². The van der Waals surface area contributed by atoms with Crippen molar-refractivity contribution in [3.63, 3.8) is 0 Å². The van der Waals surface area contributed by atoms with E-state index in [1.165, 1.54) is 12.0 Å². The van der Waals surface area contributed by atoms with Crippen LogP contribution in [0.2, 0.25) is 3.93 Å². The number of hydrogen-bond acceptors (Lipinski definition) is 1. The van der Waals surface area contributed by atoms with Gasteiger partial charge in [-0.2, -0.15) is 0 Å². The normalized spacial score (nSPS) is 13.2. The predicted molar refractivity (Wildman–Crippen MR) is 77.4 cm³/mol. The summed E-state index contributed by atoms with van der Waals surface area (Å²) in [5.41, 5.74) is 1.47. The fraction of sp³-hybridized carbons (Fsp3) is 0.500. The molecule has 1 nitrogen and oxygen atoms in total. The van der Waals surface area contributed by atoms with Gasteiger partial charge in [-0.05, 0) is 0 Å². The smallest absolute Gasteiger partial charge is 0.147 e. The zero-order chi connectivity index (χ0) is 10.4. The molecule has 3 radical (unpaired) electrons. The summed E-state index contributed by atoms with van der Waals surface area (Å²) in [7, 11) is 2.03. The van der Waals surface area contributed by atoms with Crippen LogP contribution in [0.25, 0.3) is 0 Å². The summed E-state index contributed by atoms with van der Waals surface area (Å²) in [6, 6.07) is 10.8. The van der Waals surface area contributed by atoms with Crippen molar-refractivity contribution in [3.05, 3.63) is 35.9 Å². The van der Waals surface area contributed by atoms with Crippen LogP contribution >= 0.6 is 24.8 Å². The molecule has 1 rings (SSSR count). The van der Waals surface area contributed by atoms with Crippen molar-refractivity contribution in [1.82, 2.24) is 5.32 Å². The number of benzene rings is 1. The summed E-state index contributed by atoms with van der Waals surface area (Å²) in [4.78, 5) is 0. The molecule has 0 fully saturated rings. The summed E-state index contributed by atoms with van der Waals surface area (Å²) in [5.74, 6) is 0.676. The number of halogens is 2.